The molecule has 5 aromatic rings. The molecule has 0 fully saturated rings. The molecule has 5 heteroatoms. The van der Waals surface area contributed by atoms with Gasteiger partial charge in [0.15, 0.2) is 0 Å². The van der Waals surface area contributed by atoms with E-state index < -0.39 is 0 Å². The van der Waals surface area contributed by atoms with Gasteiger partial charge in [-0.05, 0) is 59.5 Å². The van der Waals surface area contributed by atoms with E-state index in [2.05, 4.69) is 46.4 Å². The molecule has 0 aliphatic rings. The number of nitrogens with zero attached hydrogens (tertiary/aromatic N) is 2. The van der Waals surface area contributed by atoms with Crippen LogP contribution in [0.4, 0.5) is 5.95 Å². The van der Waals surface area contributed by atoms with Crippen molar-refractivity contribution in [2.45, 2.75) is 20.1 Å². The van der Waals surface area contributed by atoms with Gasteiger partial charge in [-0.2, -0.15) is 0 Å². The Kier molecular flexibility index (Phi) is 6.90. The third-order valence-corrected chi connectivity index (χ3v) is 5.80. The lowest BCUT2D eigenvalue weighted by molar-refractivity contribution is 0.306. The summed E-state index contributed by atoms with van der Waals surface area (Å²) >= 11 is 0. The quantitative estimate of drug-likeness (QED) is 0.267. The molecular formula is C31H27N3O2. The number of hydrogen-bond acceptors (Lipinski definition) is 5. The molecule has 0 saturated carbocycles. The summed E-state index contributed by atoms with van der Waals surface area (Å²) in [5.41, 5.74) is 12.7. The summed E-state index contributed by atoms with van der Waals surface area (Å²) in [6.45, 7) is 2.90. The van der Waals surface area contributed by atoms with Crippen LogP contribution in [0.2, 0.25) is 0 Å². The number of rotatable bonds is 8. The van der Waals surface area contributed by atoms with Crippen LogP contribution in [0.3, 0.4) is 0 Å². The van der Waals surface area contributed by atoms with Crippen LogP contribution in [-0.4, -0.2) is 9.97 Å². The molecule has 36 heavy (non-hydrogen) atoms. The maximum absolute atomic E-state index is 6.22. The van der Waals surface area contributed by atoms with Gasteiger partial charge in [0.25, 0.3) is 0 Å². The van der Waals surface area contributed by atoms with E-state index in [1.165, 1.54) is 0 Å². The number of benzene rings is 4. The first-order valence-corrected chi connectivity index (χ1v) is 11.8. The number of nitrogens with two attached hydrogens (primary N) is 1. The Balaban J connectivity index is 1.41. The number of aryl methyl sites for hydroxylation is 1. The largest absolute Gasteiger partial charge is 0.489 e. The minimum atomic E-state index is 0.240. The van der Waals surface area contributed by atoms with Crippen LogP contribution in [0.15, 0.2) is 109 Å². The van der Waals surface area contributed by atoms with E-state index in [-0.39, 0.29) is 5.95 Å². The van der Waals surface area contributed by atoms with Crippen LogP contribution in [0, 0.1) is 6.92 Å². The molecule has 0 unspecified atom stereocenters. The Morgan fingerprint density at radius 1 is 0.639 bits per heavy atom. The van der Waals surface area contributed by atoms with Gasteiger partial charge >= 0.3 is 0 Å². The normalized spacial score (nSPS) is 10.7. The summed E-state index contributed by atoms with van der Waals surface area (Å²) in [7, 11) is 0. The van der Waals surface area contributed by atoms with E-state index in [1.807, 2.05) is 79.7 Å². The van der Waals surface area contributed by atoms with Crippen molar-refractivity contribution in [3.8, 4) is 33.9 Å². The highest BCUT2D eigenvalue weighted by Gasteiger charge is 2.13. The predicted octanol–water partition coefficient (Wildman–Crippen LogP) is 6.86. The maximum atomic E-state index is 6.22. The van der Waals surface area contributed by atoms with Crippen LogP contribution in [0.5, 0.6) is 11.5 Å². The number of aromatic nitrogens is 2. The third kappa shape index (κ3) is 5.70. The fourth-order valence-electron chi connectivity index (χ4n) is 3.98. The van der Waals surface area contributed by atoms with Crippen LogP contribution < -0.4 is 15.2 Å². The van der Waals surface area contributed by atoms with Crippen LogP contribution in [0.1, 0.15) is 16.8 Å². The van der Waals surface area contributed by atoms with E-state index >= 15 is 0 Å². The molecular weight excluding hydrogens is 446 g/mol. The highest BCUT2D eigenvalue weighted by Crippen LogP contribution is 2.35. The molecule has 0 atom stereocenters. The first-order valence-electron chi connectivity index (χ1n) is 11.8. The van der Waals surface area contributed by atoms with Crippen molar-refractivity contribution in [1.82, 2.24) is 9.97 Å². The summed E-state index contributed by atoms with van der Waals surface area (Å²) in [5, 5.41) is 0. The van der Waals surface area contributed by atoms with Crippen molar-refractivity contribution in [1.29, 1.82) is 0 Å². The van der Waals surface area contributed by atoms with Crippen LogP contribution >= 0.6 is 0 Å². The second kappa shape index (κ2) is 10.7. The van der Waals surface area contributed by atoms with E-state index in [0.29, 0.717) is 13.2 Å². The van der Waals surface area contributed by atoms with E-state index in [1.54, 1.807) is 0 Å². The monoisotopic (exact) mass is 473 g/mol. The van der Waals surface area contributed by atoms with Crippen molar-refractivity contribution >= 4 is 5.95 Å². The lowest BCUT2D eigenvalue weighted by atomic mass is 10.0. The first kappa shape index (κ1) is 23.1. The van der Waals surface area contributed by atoms with Gasteiger partial charge in [0.2, 0.25) is 5.95 Å². The first-order chi connectivity index (χ1) is 17.6. The van der Waals surface area contributed by atoms with Crippen molar-refractivity contribution in [3.05, 3.63) is 126 Å². The van der Waals surface area contributed by atoms with E-state index in [9.17, 15) is 0 Å². The Labute approximate surface area is 211 Å². The minimum Gasteiger partial charge on any atom is -0.489 e. The summed E-state index contributed by atoms with van der Waals surface area (Å²) in [5.74, 6) is 1.80. The van der Waals surface area contributed by atoms with Crippen LogP contribution in [-0.2, 0) is 13.2 Å². The van der Waals surface area contributed by atoms with Gasteiger partial charge in [-0.15, -0.1) is 0 Å². The zero-order valence-electron chi connectivity index (χ0n) is 20.1. The Morgan fingerprint density at radius 2 is 1.25 bits per heavy atom. The summed E-state index contributed by atoms with van der Waals surface area (Å²) in [6.07, 6.45) is 0. The zero-order chi connectivity index (χ0) is 24.7. The molecule has 0 aliphatic carbocycles. The summed E-state index contributed by atoms with van der Waals surface area (Å²) in [4.78, 5) is 8.71. The molecule has 5 nitrogen and oxygen atoms in total. The van der Waals surface area contributed by atoms with Gasteiger partial charge in [-0.3, -0.25) is 0 Å². The second-order valence-electron chi connectivity index (χ2n) is 8.54. The molecule has 0 radical (unpaired) electrons. The number of hydrogen-bond donors (Lipinski definition) is 1. The molecule has 5 rings (SSSR count). The average Bonchev–Trinajstić information content (AvgIpc) is 2.92. The van der Waals surface area contributed by atoms with E-state index in [0.717, 1.165) is 50.7 Å². The molecule has 178 valence electrons. The Morgan fingerprint density at radius 3 is 1.89 bits per heavy atom. The molecule has 0 aliphatic heterocycles. The molecule has 1 heterocycles. The van der Waals surface area contributed by atoms with Gasteiger partial charge in [0.1, 0.15) is 24.7 Å². The highest BCUT2D eigenvalue weighted by molar-refractivity contribution is 5.76. The second-order valence-corrected chi connectivity index (χ2v) is 8.54. The molecule has 0 spiro atoms. The smallest absolute Gasteiger partial charge is 0.220 e. The lowest BCUT2D eigenvalue weighted by Crippen LogP contribution is -2.01. The third-order valence-electron chi connectivity index (χ3n) is 5.80. The minimum absolute atomic E-state index is 0.240. The molecule has 0 saturated heterocycles. The van der Waals surface area contributed by atoms with Crippen molar-refractivity contribution in [3.63, 3.8) is 0 Å². The molecule has 0 bridgehead atoms. The van der Waals surface area contributed by atoms with Crippen molar-refractivity contribution in [2.75, 3.05) is 5.73 Å². The Hall–Kier alpha value is -4.64. The summed E-state index contributed by atoms with van der Waals surface area (Å²) in [6, 6.07) is 36.4. The molecule has 1 aromatic heterocycles. The van der Waals surface area contributed by atoms with Crippen molar-refractivity contribution in [2.24, 2.45) is 0 Å². The van der Waals surface area contributed by atoms with E-state index in [4.69, 9.17) is 15.2 Å². The highest BCUT2D eigenvalue weighted by atomic mass is 16.5. The molecule has 4 aromatic carbocycles. The SMILES string of the molecule is Cc1cc(-c2cc(-c3ccc(OCc4ccccc4)cc3)ccc2OCc2ccccc2)nc(N)n1. The topological polar surface area (TPSA) is 70.3 Å². The number of anilines is 1. The predicted molar refractivity (Wildman–Crippen MR) is 144 cm³/mol. The standard InChI is InChI=1S/C31H27N3O2/c1-22-18-29(34-31(32)33-22)28-19-26(14-17-30(28)36-21-24-10-6-3-7-11-24)25-12-15-27(16-13-25)35-20-23-8-4-2-5-9-23/h2-19H,20-21H2,1H3,(H2,32,33,34). The van der Waals surface area contributed by atoms with Gasteiger partial charge in [0.05, 0.1) is 5.69 Å². The molecule has 0 amide bonds. The Bertz CT molecular complexity index is 1420. The fourth-order valence-corrected chi connectivity index (χ4v) is 3.98. The zero-order valence-corrected chi connectivity index (χ0v) is 20.1. The number of ether oxygens (including phenoxy) is 2. The average molecular weight is 474 g/mol. The molecule has 2 N–H and O–H groups in total. The fraction of sp³-hybridized carbons (Fsp3) is 0.0968. The van der Waals surface area contributed by atoms with Gasteiger partial charge < -0.3 is 15.2 Å². The van der Waals surface area contributed by atoms with Gasteiger partial charge in [0, 0.05) is 11.3 Å². The van der Waals surface area contributed by atoms with Gasteiger partial charge in [-0.1, -0.05) is 78.9 Å². The summed E-state index contributed by atoms with van der Waals surface area (Å²) < 4.78 is 12.2. The maximum Gasteiger partial charge on any atom is 0.220 e. The van der Waals surface area contributed by atoms with Crippen LogP contribution in [0.25, 0.3) is 22.4 Å². The lowest BCUT2D eigenvalue weighted by Gasteiger charge is -2.14. The van der Waals surface area contributed by atoms with Gasteiger partial charge in [-0.25, -0.2) is 9.97 Å². The number of nitrogen functional groups attached to an aromatic ring is 1. The van der Waals surface area contributed by atoms with Crippen molar-refractivity contribution < 1.29 is 9.47 Å².